The van der Waals surface area contributed by atoms with Gasteiger partial charge < -0.3 is 14.8 Å². The molecule has 1 N–H and O–H groups in total. The van der Waals surface area contributed by atoms with E-state index in [0.29, 0.717) is 30.5 Å². The van der Waals surface area contributed by atoms with Crippen molar-refractivity contribution in [2.24, 2.45) is 0 Å². The fourth-order valence-electron chi connectivity index (χ4n) is 2.86. The molecule has 0 aliphatic heterocycles. The standard InChI is InChI=1S/C23H26N2O3S/c1-16(2)17-10-12-18(13-11-17)28-14-6-9-22(26)25-23-24-20(15-29-23)19-7-4-5-8-21(19)27-3/h4-5,7-8,10-13,15-16H,6,9,14H2,1-3H3,(H,24,25,26). The van der Waals surface area contributed by atoms with Crippen molar-refractivity contribution in [1.29, 1.82) is 0 Å². The SMILES string of the molecule is COc1ccccc1-c1csc(NC(=O)CCCOc2ccc(C(C)C)cc2)n1. The highest BCUT2D eigenvalue weighted by Crippen LogP contribution is 2.31. The molecule has 5 nitrogen and oxygen atoms in total. The molecule has 0 fully saturated rings. The van der Waals surface area contributed by atoms with Gasteiger partial charge in [-0.15, -0.1) is 11.3 Å². The molecular weight excluding hydrogens is 384 g/mol. The number of thiazole rings is 1. The molecule has 1 aromatic heterocycles. The average molecular weight is 411 g/mol. The van der Waals surface area contributed by atoms with Crippen LogP contribution in [0.4, 0.5) is 5.13 Å². The molecule has 3 aromatic rings. The van der Waals surface area contributed by atoms with Gasteiger partial charge >= 0.3 is 0 Å². The van der Waals surface area contributed by atoms with Gasteiger partial charge in [0.15, 0.2) is 5.13 Å². The first-order valence-electron chi connectivity index (χ1n) is 9.68. The topological polar surface area (TPSA) is 60.5 Å². The number of carbonyl (C=O) groups is 1. The summed E-state index contributed by atoms with van der Waals surface area (Å²) in [7, 11) is 1.63. The average Bonchev–Trinajstić information content (AvgIpc) is 3.19. The highest BCUT2D eigenvalue weighted by molar-refractivity contribution is 7.14. The number of nitrogens with one attached hydrogen (secondary N) is 1. The number of rotatable bonds is 9. The van der Waals surface area contributed by atoms with Crippen LogP contribution in [0.15, 0.2) is 53.9 Å². The Morgan fingerprint density at radius 3 is 2.62 bits per heavy atom. The van der Waals surface area contributed by atoms with Crippen LogP contribution in [0.2, 0.25) is 0 Å². The summed E-state index contributed by atoms with van der Waals surface area (Å²) in [5.74, 6) is 2.03. The normalized spacial score (nSPS) is 10.8. The van der Waals surface area contributed by atoms with Crippen molar-refractivity contribution >= 4 is 22.4 Å². The number of ether oxygens (including phenoxy) is 2. The van der Waals surface area contributed by atoms with E-state index in [9.17, 15) is 4.79 Å². The zero-order valence-corrected chi connectivity index (χ0v) is 17.8. The van der Waals surface area contributed by atoms with Crippen LogP contribution in [0, 0.1) is 0 Å². The van der Waals surface area contributed by atoms with Crippen LogP contribution in [-0.2, 0) is 4.79 Å². The fourth-order valence-corrected chi connectivity index (χ4v) is 3.59. The summed E-state index contributed by atoms with van der Waals surface area (Å²) in [6.07, 6.45) is 1.02. The predicted molar refractivity (Wildman–Crippen MR) is 118 cm³/mol. The number of methoxy groups -OCH3 is 1. The minimum Gasteiger partial charge on any atom is -0.496 e. The summed E-state index contributed by atoms with van der Waals surface area (Å²) in [5, 5.41) is 5.36. The third kappa shape index (κ3) is 5.81. The lowest BCUT2D eigenvalue weighted by atomic mass is 10.0. The van der Waals surface area contributed by atoms with Crippen molar-refractivity contribution in [3.8, 4) is 22.8 Å². The number of hydrogen-bond donors (Lipinski definition) is 1. The summed E-state index contributed by atoms with van der Waals surface area (Å²) < 4.78 is 11.1. The first-order chi connectivity index (χ1) is 14.1. The van der Waals surface area contributed by atoms with Gasteiger partial charge in [0.25, 0.3) is 0 Å². The molecule has 0 unspecified atom stereocenters. The highest BCUT2D eigenvalue weighted by Gasteiger charge is 2.11. The highest BCUT2D eigenvalue weighted by atomic mass is 32.1. The van der Waals surface area contributed by atoms with Gasteiger partial charge in [-0.3, -0.25) is 4.79 Å². The molecule has 0 bridgehead atoms. The number of aromatic nitrogens is 1. The molecule has 29 heavy (non-hydrogen) atoms. The molecule has 3 rings (SSSR count). The summed E-state index contributed by atoms with van der Waals surface area (Å²) in [5.41, 5.74) is 2.98. The van der Waals surface area contributed by atoms with Gasteiger partial charge in [-0.05, 0) is 42.2 Å². The van der Waals surface area contributed by atoms with Crippen molar-refractivity contribution in [1.82, 2.24) is 4.98 Å². The van der Waals surface area contributed by atoms with Gasteiger partial charge in [0.2, 0.25) is 5.91 Å². The Morgan fingerprint density at radius 2 is 1.90 bits per heavy atom. The van der Waals surface area contributed by atoms with Crippen molar-refractivity contribution in [3.63, 3.8) is 0 Å². The van der Waals surface area contributed by atoms with E-state index < -0.39 is 0 Å². The summed E-state index contributed by atoms with van der Waals surface area (Å²) in [4.78, 5) is 16.7. The molecule has 0 saturated carbocycles. The van der Waals surface area contributed by atoms with Gasteiger partial charge in [0.1, 0.15) is 11.5 Å². The lowest BCUT2D eigenvalue weighted by Gasteiger charge is -2.09. The van der Waals surface area contributed by atoms with Crippen LogP contribution in [0.1, 0.15) is 38.2 Å². The molecular formula is C23H26N2O3S. The second kappa shape index (κ2) is 10.1. The van der Waals surface area contributed by atoms with Crippen LogP contribution >= 0.6 is 11.3 Å². The van der Waals surface area contributed by atoms with Crippen LogP contribution < -0.4 is 14.8 Å². The van der Waals surface area contributed by atoms with Crippen molar-refractivity contribution in [2.45, 2.75) is 32.6 Å². The number of para-hydroxylation sites is 1. The summed E-state index contributed by atoms with van der Waals surface area (Å²) in [6.45, 7) is 4.82. The molecule has 0 aliphatic carbocycles. The van der Waals surface area contributed by atoms with E-state index >= 15 is 0 Å². The molecule has 6 heteroatoms. The monoisotopic (exact) mass is 410 g/mol. The van der Waals surface area contributed by atoms with E-state index in [4.69, 9.17) is 9.47 Å². The second-order valence-electron chi connectivity index (χ2n) is 6.96. The molecule has 0 radical (unpaired) electrons. The van der Waals surface area contributed by atoms with E-state index in [-0.39, 0.29) is 5.91 Å². The van der Waals surface area contributed by atoms with Crippen LogP contribution in [-0.4, -0.2) is 24.6 Å². The number of carbonyl (C=O) groups excluding carboxylic acids is 1. The smallest absolute Gasteiger partial charge is 0.226 e. The number of amides is 1. The third-order valence-electron chi connectivity index (χ3n) is 4.50. The Bertz CT molecular complexity index is 935. The minimum atomic E-state index is -0.0651. The molecule has 0 spiro atoms. The number of benzene rings is 2. The molecule has 152 valence electrons. The quantitative estimate of drug-likeness (QED) is 0.457. The Balaban J connectivity index is 1.45. The lowest BCUT2D eigenvalue weighted by Crippen LogP contribution is -2.12. The molecule has 0 saturated heterocycles. The summed E-state index contributed by atoms with van der Waals surface area (Å²) >= 11 is 1.40. The van der Waals surface area contributed by atoms with Crippen LogP contribution in [0.3, 0.4) is 0 Å². The first kappa shape index (κ1) is 20.9. The maximum atomic E-state index is 12.2. The molecule has 0 atom stereocenters. The Kier molecular flexibility index (Phi) is 7.25. The lowest BCUT2D eigenvalue weighted by molar-refractivity contribution is -0.116. The number of nitrogens with zero attached hydrogens (tertiary/aromatic N) is 1. The maximum Gasteiger partial charge on any atom is 0.226 e. The molecule has 1 amide bonds. The molecule has 1 heterocycles. The second-order valence-corrected chi connectivity index (χ2v) is 7.82. The summed E-state index contributed by atoms with van der Waals surface area (Å²) in [6, 6.07) is 15.8. The predicted octanol–water partition coefficient (Wildman–Crippen LogP) is 5.74. The fraction of sp³-hybridized carbons (Fsp3) is 0.304. The van der Waals surface area contributed by atoms with Crippen molar-refractivity contribution in [2.75, 3.05) is 19.0 Å². The van der Waals surface area contributed by atoms with Gasteiger partial charge in [-0.2, -0.15) is 0 Å². The Hall–Kier alpha value is -2.86. The van der Waals surface area contributed by atoms with E-state index in [2.05, 4.69) is 36.3 Å². The third-order valence-corrected chi connectivity index (χ3v) is 5.25. The molecule has 0 aliphatic rings. The zero-order chi connectivity index (χ0) is 20.6. The van der Waals surface area contributed by atoms with Crippen molar-refractivity contribution < 1.29 is 14.3 Å². The first-order valence-corrected chi connectivity index (χ1v) is 10.6. The van der Waals surface area contributed by atoms with E-state index in [0.717, 1.165) is 22.8 Å². The van der Waals surface area contributed by atoms with Crippen LogP contribution in [0.5, 0.6) is 11.5 Å². The van der Waals surface area contributed by atoms with Gasteiger partial charge in [-0.25, -0.2) is 4.98 Å². The van der Waals surface area contributed by atoms with E-state index in [1.165, 1.54) is 16.9 Å². The zero-order valence-electron chi connectivity index (χ0n) is 17.0. The van der Waals surface area contributed by atoms with Gasteiger partial charge in [0, 0.05) is 17.4 Å². The Labute approximate surface area is 175 Å². The number of hydrogen-bond acceptors (Lipinski definition) is 5. The Morgan fingerprint density at radius 1 is 1.14 bits per heavy atom. The van der Waals surface area contributed by atoms with Gasteiger partial charge in [-0.1, -0.05) is 38.1 Å². The van der Waals surface area contributed by atoms with Crippen LogP contribution in [0.25, 0.3) is 11.3 Å². The largest absolute Gasteiger partial charge is 0.496 e. The van der Waals surface area contributed by atoms with Crippen molar-refractivity contribution in [3.05, 3.63) is 59.5 Å². The minimum absolute atomic E-state index is 0.0651. The van der Waals surface area contributed by atoms with E-state index in [1.807, 2.05) is 41.8 Å². The molecule has 2 aromatic carbocycles. The van der Waals surface area contributed by atoms with E-state index in [1.54, 1.807) is 7.11 Å². The number of anilines is 1. The van der Waals surface area contributed by atoms with Gasteiger partial charge in [0.05, 0.1) is 19.4 Å². The maximum absolute atomic E-state index is 12.2.